The molecule has 0 N–H and O–H groups in total. The van der Waals surface area contributed by atoms with Gasteiger partial charge in [-0.2, -0.15) is 0 Å². The summed E-state index contributed by atoms with van der Waals surface area (Å²) in [6, 6.07) is 0. The largest absolute Gasteiger partial charge is 0.288 e. The Morgan fingerprint density at radius 2 is 2.43 bits per heavy atom. The van der Waals surface area contributed by atoms with Crippen LogP contribution in [0.25, 0.3) is 0 Å². The van der Waals surface area contributed by atoms with Crippen molar-refractivity contribution in [3.8, 4) is 0 Å². The lowest BCUT2D eigenvalue weighted by molar-refractivity contribution is 0.279. The van der Waals surface area contributed by atoms with E-state index in [0.717, 1.165) is 12.5 Å². The molecule has 3 heteroatoms. The van der Waals surface area contributed by atoms with Crippen LogP contribution in [0, 0.1) is 5.92 Å². The fourth-order valence-corrected chi connectivity index (χ4v) is 5.08. The summed E-state index contributed by atoms with van der Waals surface area (Å²) in [5.74, 6) is 2.17. The lowest BCUT2D eigenvalue weighted by Crippen LogP contribution is -2.44. The van der Waals surface area contributed by atoms with Crippen molar-refractivity contribution in [2.24, 2.45) is 5.92 Å². The van der Waals surface area contributed by atoms with E-state index in [2.05, 4.69) is 30.0 Å². The Morgan fingerprint density at radius 1 is 1.50 bits per heavy atom. The van der Waals surface area contributed by atoms with E-state index < -0.39 is 0 Å². The molecule has 14 heavy (non-hydrogen) atoms. The maximum Gasteiger partial charge on any atom is 0.0633 e. The molecule has 0 aromatic rings. The zero-order valence-corrected chi connectivity index (χ0v) is 9.65. The van der Waals surface area contributed by atoms with E-state index in [1.165, 1.54) is 30.7 Å². The Balaban J connectivity index is 2.04. The predicted octanol–water partition coefficient (Wildman–Crippen LogP) is 3.18. The van der Waals surface area contributed by atoms with Gasteiger partial charge in [0.1, 0.15) is 0 Å². The molecule has 3 aliphatic rings. The maximum atomic E-state index is 6.27. The van der Waals surface area contributed by atoms with E-state index in [1.807, 2.05) is 4.42 Å². The molecule has 2 aliphatic heterocycles. The van der Waals surface area contributed by atoms with Gasteiger partial charge in [-0.05, 0) is 37.0 Å². The molecule has 0 aromatic heterocycles. The summed E-state index contributed by atoms with van der Waals surface area (Å²) in [7, 11) is 0. The van der Waals surface area contributed by atoms with Crippen LogP contribution in [0.3, 0.4) is 0 Å². The third-order valence-corrected chi connectivity index (χ3v) is 5.68. The zero-order valence-electron chi connectivity index (χ0n) is 8.08. The van der Waals surface area contributed by atoms with E-state index >= 15 is 0 Å². The Labute approximate surface area is 94.3 Å². The molecule has 1 nitrogen and oxygen atoms in total. The van der Waals surface area contributed by atoms with Crippen LogP contribution in [0.2, 0.25) is 0 Å². The van der Waals surface area contributed by atoms with Gasteiger partial charge >= 0.3 is 0 Å². The number of hydrogen-bond donors (Lipinski definition) is 0. The minimum Gasteiger partial charge on any atom is -0.288 e. The Morgan fingerprint density at radius 3 is 3.36 bits per heavy atom. The van der Waals surface area contributed by atoms with Gasteiger partial charge in [0.25, 0.3) is 0 Å². The molecule has 3 rings (SSSR count). The fourth-order valence-electron chi connectivity index (χ4n) is 2.94. The first-order valence-corrected chi connectivity index (χ1v) is 6.60. The third kappa shape index (κ3) is 1.10. The topological polar surface area (TPSA) is 3.24 Å². The summed E-state index contributed by atoms with van der Waals surface area (Å²) in [5, 5.41) is 0. The second-order valence-electron chi connectivity index (χ2n) is 4.28. The van der Waals surface area contributed by atoms with Crippen molar-refractivity contribution >= 4 is 23.5 Å². The standard InChI is InChI=1S/C11H14ClNS/c12-13-7-4-9-5-8-14-11(9)6-2-1-3-10(11)13/h1-3,9H,4-8H2. The van der Waals surface area contributed by atoms with Crippen LogP contribution in [-0.2, 0) is 0 Å². The van der Waals surface area contributed by atoms with Crippen LogP contribution in [0.1, 0.15) is 19.3 Å². The summed E-state index contributed by atoms with van der Waals surface area (Å²) in [4.78, 5) is 0. The molecule has 2 fully saturated rings. The van der Waals surface area contributed by atoms with Gasteiger partial charge in [-0.3, -0.25) is 4.42 Å². The van der Waals surface area contributed by atoms with Crippen molar-refractivity contribution in [2.45, 2.75) is 24.0 Å². The number of rotatable bonds is 0. The van der Waals surface area contributed by atoms with Gasteiger partial charge in [0.2, 0.25) is 0 Å². The molecular formula is C11H14ClNS. The normalized spacial score (nSPS) is 40.5. The molecule has 1 aliphatic carbocycles. The van der Waals surface area contributed by atoms with E-state index in [9.17, 15) is 0 Å². The predicted molar refractivity (Wildman–Crippen MR) is 62.3 cm³/mol. The highest BCUT2D eigenvalue weighted by Crippen LogP contribution is 2.56. The first-order valence-electron chi connectivity index (χ1n) is 5.27. The van der Waals surface area contributed by atoms with E-state index in [4.69, 9.17) is 11.8 Å². The monoisotopic (exact) mass is 227 g/mol. The molecule has 2 atom stereocenters. The van der Waals surface area contributed by atoms with Crippen molar-refractivity contribution < 1.29 is 0 Å². The first-order chi connectivity index (χ1) is 6.83. The van der Waals surface area contributed by atoms with Crippen LogP contribution < -0.4 is 0 Å². The number of hydrogen-bond acceptors (Lipinski definition) is 2. The molecule has 76 valence electrons. The van der Waals surface area contributed by atoms with Crippen molar-refractivity contribution in [3.05, 3.63) is 23.9 Å². The molecule has 2 unspecified atom stereocenters. The smallest absolute Gasteiger partial charge is 0.0633 e. The van der Waals surface area contributed by atoms with Crippen molar-refractivity contribution in [1.82, 2.24) is 4.42 Å². The first kappa shape index (κ1) is 9.17. The van der Waals surface area contributed by atoms with E-state index in [-0.39, 0.29) is 0 Å². The van der Waals surface area contributed by atoms with Crippen LogP contribution >= 0.6 is 23.5 Å². The second-order valence-corrected chi connectivity index (χ2v) is 6.12. The highest BCUT2D eigenvalue weighted by molar-refractivity contribution is 8.01. The average Bonchev–Trinajstić information content (AvgIpc) is 2.61. The third-order valence-electron chi connectivity index (χ3n) is 3.67. The van der Waals surface area contributed by atoms with Crippen molar-refractivity contribution in [3.63, 3.8) is 0 Å². The second kappa shape index (κ2) is 3.21. The van der Waals surface area contributed by atoms with E-state index in [0.29, 0.717) is 4.75 Å². The molecule has 0 radical (unpaired) electrons. The molecule has 2 saturated heterocycles. The lowest BCUT2D eigenvalue weighted by Gasteiger charge is -2.45. The SMILES string of the molecule is ClN1CCC2CCSC23CC=CC=C13. The maximum absolute atomic E-state index is 6.27. The summed E-state index contributed by atoms with van der Waals surface area (Å²) < 4.78 is 2.28. The lowest BCUT2D eigenvalue weighted by atomic mass is 9.78. The van der Waals surface area contributed by atoms with Gasteiger partial charge in [-0.1, -0.05) is 12.2 Å². The number of piperidine rings is 1. The summed E-state index contributed by atoms with van der Waals surface area (Å²) in [5.41, 5.74) is 1.36. The van der Waals surface area contributed by atoms with E-state index in [1.54, 1.807) is 0 Å². The van der Waals surface area contributed by atoms with Crippen LogP contribution in [0.5, 0.6) is 0 Å². The van der Waals surface area contributed by atoms with Gasteiger partial charge in [-0.15, -0.1) is 11.8 Å². The quantitative estimate of drug-likeness (QED) is 0.585. The Bertz CT molecular complexity index is 312. The average molecular weight is 228 g/mol. The molecular weight excluding hydrogens is 214 g/mol. The zero-order chi connectivity index (χ0) is 9.60. The molecule has 0 bridgehead atoms. The molecule has 0 saturated carbocycles. The fraction of sp³-hybridized carbons (Fsp3) is 0.636. The van der Waals surface area contributed by atoms with Crippen molar-refractivity contribution in [1.29, 1.82) is 0 Å². The Hall–Kier alpha value is -0.0800. The van der Waals surface area contributed by atoms with Gasteiger partial charge in [0.15, 0.2) is 0 Å². The van der Waals surface area contributed by atoms with Crippen LogP contribution in [-0.4, -0.2) is 21.5 Å². The van der Waals surface area contributed by atoms with Gasteiger partial charge < -0.3 is 0 Å². The van der Waals surface area contributed by atoms with Gasteiger partial charge in [-0.25, -0.2) is 0 Å². The Kier molecular flexibility index (Phi) is 2.10. The highest BCUT2D eigenvalue weighted by atomic mass is 35.5. The summed E-state index contributed by atoms with van der Waals surface area (Å²) in [6.07, 6.45) is 10.5. The van der Waals surface area contributed by atoms with Crippen LogP contribution in [0.15, 0.2) is 23.9 Å². The summed E-state index contributed by atoms with van der Waals surface area (Å²) in [6.45, 7) is 1.02. The highest BCUT2D eigenvalue weighted by Gasteiger charge is 2.50. The minimum atomic E-state index is 0.342. The number of thioether (sulfide) groups is 1. The van der Waals surface area contributed by atoms with Crippen LogP contribution in [0.4, 0.5) is 0 Å². The number of halogens is 1. The molecule has 0 amide bonds. The van der Waals surface area contributed by atoms with Gasteiger partial charge in [0.05, 0.1) is 4.75 Å². The minimum absolute atomic E-state index is 0.342. The molecule has 1 spiro atoms. The molecule has 2 heterocycles. The van der Waals surface area contributed by atoms with Gasteiger partial charge in [0, 0.05) is 24.0 Å². The number of nitrogens with zero attached hydrogens (tertiary/aromatic N) is 1. The molecule has 0 aromatic carbocycles. The van der Waals surface area contributed by atoms with Crippen molar-refractivity contribution in [2.75, 3.05) is 12.3 Å². The summed E-state index contributed by atoms with van der Waals surface area (Å²) >= 11 is 8.39. The number of allylic oxidation sites excluding steroid dienone is 3.